The molecule has 0 aromatic heterocycles. The molecule has 82 valence electrons. The molecule has 1 aromatic carbocycles. The Balaban J connectivity index is 2.85. The van der Waals surface area contributed by atoms with Crippen LogP contribution in [0.15, 0.2) is 30.3 Å². The van der Waals surface area contributed by atoms with E-state index in [0.717, 1.165) is 5.56 Å². The molecule has 1 N–H and O–H groups in total. The summed E-state index contributed by atoms with van der Waals surface area (Å²) in [5, 5.41) is 3.27. The molecule has 0 aliphatic rings. The molecule has 0 spiro atoms. The quantitative estimate of drug-likeness (QED) is 0.766. The number of Topliss-reactive ketones (excluding diaryl/α,β-unsaturated/α-hetero) is 1. The van der Waals surface area contributed by atoms with Gasteiger partial charge in [0.2, 0.25) is 0 Å². The van der Waals surface area contributed by atoms with Gasteiger partial charge in [-0.3, -0.25) is 4.79 Å². The Kier molecular flexibility index (Phi) is 3.64. The molecule has 0 radical (unpaired) electrons. The number of benzene rings is 1. The second-order valence-corrected chi connectivity index (χ2v) is 4.62. The van der Waals surface area contributed by atoms with Crippen LogP contribution < -0.4 is 5.32 Å². The molecule has 0 saturated carbocycles. The molecule has 0 fully saturated rings. The van der Waals surface area contributed by atoms with E-state index in [4.69, 9.17) is 0 Å². The van der Waals surface area contributed by atoms with Crippen LogP contribution in [0.4, 0.5) is 0 Å². The molecule has 0 heterocycles. The average molecular weight is 205 g/mol. The van der Waals surface area contributed by atoms with Crippen LogP contribution in [0.2, 0.25) is 0 Å². The highest BCUT2D eigenvalue weighted by molar-refractivity contribution is 6.02. The molecule has 0 bridgehead atoms. The van der Waals surface area contributed by atoms with Gasteiger partial charge >= 0.3 is 0 Å². The molecule has 0 amide bonds. The zero-order valence-electron chi connectivity index (χ0n) is 9.87. The molecule has 0 unspecified atom stereocenters. The Bertz CT molecular complexity index is 328. The lowest BCUT2D eigenvalue weighted by atomic mass is 9.92. The summed E-state index contributed by atoms with van der Waals surface area (Å²) < 4.78 is 0. The van der Waals surface area contributed by atoms with Gasteiger partial charge in [-0.15, -0.1) is 0 Å². The number of carbonyl (C=O) groups is 1. The summed E-state index contributed by atoms with van der Waals surface area (Å²) in [5.74, 6) is 0.136. The Labute approximate surface area is 91.7 Å². The number of carbonyl (C=O) groups excluding carboxylic acids is 1. The maximum atomic E-state index is 12.1. The van der Waals surface area contributed by atoms with E-state index in [1.54, 1.807) is 0 Å². The van der Waals surface area contributed by atoms with Crippen molar-refractivity contribution < 1.29 is 4.79 Å². The summed E-state index contributed by atoms with van der Waals surface area (Å²) in [4.78, 5) is 12.1. The predicted octanol–water partition coefficient (Wildman–Crippen LogP) is 2.65. The van der Waals surface area contributed by atoms with E-state index in [2.05, 4.69) is 5.32 Å². The largest absolute Gasteiger partial charge is 0.303 e. The maximum Gasteiger partial charge on any atom is 0.182 e. The van der Waals surface area contributed by atoms with Gasteiger partial charge in [0, 0.05) is 11.6 Å². The maximum absolute atomic E-state index is 12.1. The first-order valence-corrected chi connectivity index (χ1v) is 5.31. The third-order valence-electron chi connectivity index (χ3n) is 2.25. The standard InChI is InChI=1S/C13H19NO/c1-10(2)14-13(3,4)12(15)11-8-6-5-7-9-11/h5-10,14H,1-4H3. The van der Waals surface area contributed by atoms with E-state index in [-0.39, 0.29) is 5.78 Å². The van der Waals surface area contributed by atoms with E-state index in [9.17, 15) is 4.79 Å². The van der Waals surface area contributed by atoms with E-state index >= 15 is 0 Å². The zero-order chi connectivity index (χ0) is 11.5. The lowest BCUT2D eigenvalue weighted by molar-refractivity contribution is 0.0874. The molecule has 0 saturated heterocycles. The van der Waals surface area contributed by atoms with Gasteiger partial charge in [-0.1, -0.05) is 30.3 Å². The summed E-state index contributed by atoms with van der Waals surface area (Å²) in [6.45, 7) is 7.92. The predicted molar refractivity (Wildman–Crippen MR) is 63.1 cm³/mol. The molecule has 1 aromatic rings. The van der Waals surface area contributed by atoms with Crippen LogP contribution in [-0.4, -0.2) is 17.4 Å². The van der Waals surface area contributed by atoms with Crippen molar-refractivity contribution in [2.75, 3.05) is 0 Å². The molecule has 15 heavy (non-hydrogen) atoms. The van der Waals surface area contributed by atoms with Gasteiger partial charge in [0.25, 0.3) is 0 Å². The van der Waals surface area contributed by atoms with Gasteiger partial charge in [0.05, 0.1) is 5.54 Å². The Hall–Kier alpha value is -1.15. The fourth-order valence-corrected chi connectivity index (χ4v) is 1.74. The molecule has 1 rings (SSSR count). The highest BCUT2D eigenvalue weighted by atomic mass is 16.1. The van der Waals surface area contributed by atoms with Gasteiger partial charge in [-0.25, -0.2) is 0 Å². The van der Waals surface area contributed by atoms with E-state index < -0.39 is 5.54 Å². The van der Waals surface area contributed by atoms with Gasteiger partial charge in [0.1, 0.15) is 0 Å². The first kappa shape index (κ1) is 11.9. The molecule has 0 aliphatic heterocycles. The van der Waals surface area contributed by atoms with E-state index in [1.807, 2.05) is 58.0 Å². The summed E-state index contributed by atoms with van der Waals surface area (Å²) in [6, 6.07) is 9.70. The zero-order valence-corrected chi connectivity index (χ0v) is 9.87. The van der Waals surface area contributed by atoms with Gasteiger partial charge in [0.15, 0.2) is 5.78 Å². The fourth-order valence-electron chi connectivity index (χ4n) is 1.74. The van der Waals surface area contributed by atoms with Crippen molar-refractivity contribution in [1.29, 1.82) is 0 Å². The van der Waals surface area contributed by atoms with Crippen molar-refractivity contribution in [3.05, 3.63) is 35.9 Å². The molecular formula is C13H19NO. The van der Waals surface area contributed by atoms with Crippen LogP contribution >= 0.6 is 0 Å². The third-order valence-corrected chi connectivity index (χ3v) is 2.25. The average Bonchev–Trinajstić information content (AvgIpc) is 2.16. The summed E-state index contributed by atoms with van der Waals surface area (Å²) in [7, 11) is 0. The number of ketones is 1. The van der Waals surface area contributed by atoms with Gasteiger partial charge in [-0.2, -0.15) is 0 Å². The first-order valence-electron chi connectivity index (χ1n) is 5.31. The minimum Gasteiger partial charge on any atom is -0.303 e. The van der Waals surface area contributed by atoms with Crippen LogP contribution in [0, 0.1) is 0 Å². The Morgan fingerprint density at radius 1 is 1.20 bits per heavy atom. The highest BCUT2D eigenvalue weighted by Crippen LogP contribution is 2.13. The summed E-state index contributed by atoms with van der Waals surface area (Å²) >= 11 is 0. The normalized spacial score (nSPS) is 11.8. The van der Waals surface area contributed by atoms with Crippen LogP contribution in [0.1, 0.15) is 38.1 Å². The van der Waals surface area contributed by atoms with Crippen molar-refractivity contribution in [3.8, 4) is 0 Å². The first-order chi connectivity index (χ1) is 6.93. The molecule has 0 aliphatic carbocycles. The third kappa shape index (κ3) is 3.17. The highest BCUT2D eigenvalue weighted by Gasteiger charge is 2.28. The minimum absolute atomic E-state index is 0.136. The van der Waals surface area contributed by atoms with Crippen molar-refractivity contribution in [2.24, 2.45) is 0 Å². The lowest BCUT2D eigenvalue weighted by Gasteiger charge is -2.27. The second kappa shape index (κ2) is 4.58. The van der Waals surface area contributed by atoms with Crippen LogP contribution in [0.25, 0.3) is 0 Å². The van der Waals surface area contributed by atoms with Crippen molar-refractivity contribution in [1.82, 2.24) is 5.32 Å². The van der Waals surface area contributed by atoms with Crippen molar-refractivity contribution in [2.45, 2.75) is 39.3 Å². The number of hydrogen-bond donors (Lipinski definition) is 1. The number of nitrogens with one attached hydrogen (secondary N) is 1. The molecular weight excluding hydrogens is 186 g/mol. The van der Waals surface area contributed by atoms with Crippen LogP contribution in [0.3, 0.4) is 0 Å². The summed E-state index contributed by atoms with van der Waals surface area (Å²) in [5.41, 5.74) is 0.255. The number of rotatable bonds is 4. The SMILES string of the molecule is CC(C)NC(C)(C)C(=O)c1ccccc1. The fraction of sp³-hybridized carbons (Fsp3) is 0.462. The van der Waals surface area contributed by atoms with Crippen molar-refractivity contribution >= 4 is 5.78 Å². The second-order valence-electron chi connectivity index (χ2n) is 4.62. The molecule has 2 heteroatoms. The number of hydrogen-bond acceptors (Lipinski definition) is 2. The van der Waals surface area contributed by atoms with E-state index in [1.165, 1.54) is 0 Å². The molecule has 0 atom stereocenters. The van der Waals surface area contributed by atoms with Gasteiger partial charge < -0.3 is 5.32 Å². The monoisotopic (exact) mass is 205 g/mol. The van der Waals surface area contributed by atoms with Gasteiger partial charge in [-0.05, 0) is 27.7 Å². The van der Waals surface area contributed by atoms with Crippen LogP contribution in [-0.2, 0) is 0 Å². The minimum atomic E-state index is -0.504. The smallest absolute Gasteiger partial charge is 0.182 e. The van der Waals surface area contributed by atoms with E-state index in [0.29, 0.717) is 6.04 Å². The van der Waals surface area contributed by atoms with Crippen molar-refractivity contribution in [3.63, 3.8) is 0 Å². The van der Waals surface area contributed by atoms with Crippen LogP contribution in [0.5, 0.6) is 0 Å². The lowest BCUT2D eigenvalue weighted by Crippen LogP contribution is -2.49. The molecule has 2 nitrogen and oxygen atoms in total. The Morgan fingerprint density at radius 3 is 2.20 bits per heavy atom. The summed E-state index contributed by atoms with van der Waals surface area (Å²) in [6.07, 6.45) is 0. The topological polar surface area (TPSA) is 29.1 Å². The Morgan fingerprint density at radius 2 is 1.73 bits per heavy atom.